The van der Waals surface area contributed by atoms with Gasteiger partial charge in [-0.15, -0.1) is 17.9 Å². The Kier molecular flexibility index (Phi) is 20.2. The van der Waals surface area contributed by atoms with Gasteiger partial charge in [-0.25, -0.2) is 24.4 Å². The lowest BCUT2D eigenvalue weighted by Gasteiger charge is -2.09. The molecular weight excluding hydrogens is 855 g/mol. The van der Waals surface area contributed by atoms with E-state index >= 15 is 0 Å². The predicted octanol–water partition coefficient (Wildman–Crippen LogP) is 2.72. The number of anilines is 2. The first-order chi connectivity index (χ1) is 28.9. The van der Waals surface area contributed by atoms with E-state index in [9.17, 15) is 14.4 Å². The number of nitrogens with one attached hydrogen (secondary N) is 1. The van der Waals surface area contributed by atoms with Crippen molar-refractivity contribution < 1.29 is 43.5 Å². The van der Waals surface area contributed by atoms with Crippen molar-refractivity contribution in [1.29, 1.82) is 0 Å². The Balaban J connectivity index is 0.000000301. The lowest BCUT2D eigenvalue weighted by atomic mass is 10.3. The van der Waals surface area contributed by atoms with Crippen molar-refractivity contribution in [2.45, 2.75) is 46.7 Å². The van der Waals surface area contributed by atoms with E-state index < -0.39 is 30.8 Å². The molecule has 0 aliphatic rings. The van der Waals surface area contributed by atoms with Crippen LogP contribution in [0.1, 0.15) is 45.0 Å². The minimum absolute atomic E-state index is 0. The van der Waals surface area contributed by atoms with Crippen molar-refractivity contribution in [3.05, 3.63) is 58.3 Å². The number of carboxylic acids is 2. The van der Waals surface area contributed by atoms with Crippen LogP contribution in [-0.4, -0.2) is 111 Å². The maximum Gasteiger partial charge on any atom is 0.341 e. The lowest BCUT2D eigenvalue weighted by Crippen LogP contribution is -2.19. The molecular formula is C35H50N13O10P3. The van der Waals surface area contributed by atoms with Crippen molar-refractivity contribution in [2.24, 2.45) is 5.73 Å². The molecule has 0 bridgehead atoms. The topological polar surface area (TPSA) is 332 Å². The van der Waals surface area contributed by atoms with Crippen LogP contribution in [0.15, 0.2) is 41.2 Å². The van der Waals surface area contributed by atoms with Crippen LogP contribution in [0.4, 0.5) is 11.6 Å². The van der Waals surface area contributed by atoms with Crippen LogP contribution in [0.2, 0.25) is 0 Å². The van der Waals surface area contributed by atoms with E-state index in [0.717, 1.165) is 20.8 Å². The fraction of sp³-hybridized carbons (Fsp3) is 0.371. The number of hydrogen-bond donors (Lipinski definition) is 6. The average Bonchev–Trinajstić information content (AvgIpc) is 3.73. The number of hydrogen-bond acceptors (Lipinski definition) is 18. The molecule has 0 aromatic carbocycles. The van der Waals surface area contributed by atoms with Gasteiger partial charge in [-0.05, 0) is 31.5 Å². The molecule has 26 heteroatoms. The molecule has 0 aliphatic carbocycles. The van der Waals surface area contributed by atoms with E-state index in [0.29, 0.717) is 48.7 Å². The molecule has 61 heavy (non-hydrogen) atoms. The number of nitrogens with two attached hydrogens (primary N) is 3. The van der Waals surface area contributed by atoms with Crippen molar-refractivity contribution in [3.63, 3.8) is 0 Å². The number of methoxy groups -OCH3 is 1. The standard InChI is InChI=1S/C18H22N6O5.C16H19N7O5.CH4.H5P3/c1-3-4-8-28-17-22-15(19)14-16(23-17)24(18(21-14)27-2)9-11-6-5-7-12(20-11)29-10-13(25)26;17-5-2-6-27-15-21-13(18)12-14(22-15)23(16(26)20-12)7-9-3-1-4-10(19-9)28-8-11(24)25;;1-3-2/h5-7H,3-4,8-10H2,1-2H3,(H,25,26)(H2,19,22,23);1,3-4H,2,5-8,17H2,(H,20,26)(H,24,25)(H2,18,21,22);1H4;3H,1-2H2. The fourth-order valence-corrected chi connectivity index (χ4v) is 4.99. The second kappa shape index (κ2) is 24.9. The minimum atomic E-state index is -1.12. The number of ether oxygens (including phenoxy) is 5. The average molecular weight is 906 g/mol. The molecule has 2 atom stereocenters. The van der Waals surface area contributed by atoms with Crippen LogP contribution >= 0.6 is 25.8 Å². The Hall–Kier alpha value is -6.01. The number of unbranched alkanes of at least 4 members (excludes halogenated alkanes) is 1. The molecule has 0 saturated heterocycles. The number of carbonyl (C=O) groups is 2. The quantitative estimate of drug-likeness (QED) is 0.0502. The third-order valence-corrected chi connectivity index (χ3v) is 7.58. The van der Waals surface area contributed by atoms with Crippen LogP contribution < -0.4 is 46.6 Å². The second-order valence-corrected chi connectivity index (χ2v) is 16.3. The third-order valence-electron chi connectivity index (χ3n) is 7.58. The van der Waals surface area contributed by atoms with Gasteiger partial charge >= 0.3 is 29.6 Å². The zero-order valence-electron chi connectivity index (χ0n) is 32.6. The van der Waals surface area contributed by atoms with Crippen LogP contribution in [0.25, 0.3) is 22.3 Å². The molecule has 0 saturated carbocycles. The third kappa shape index (κ3) is 14.6. The first-order valence-electron chi connectivity index (χ1n) is 18.0. The summed E-state index contributed by atoms with van der Waals surface area (Å²) in [5.41, 5.74) is 19.4. The summed E-state index contributed by atoms with van der Waals surface area (Å²) < 4.78 is 29.6. The number of H-pyrrole nitrogens is 1. The highest BCUT2D eigenvalue weighted by Crippen LogP contribution is 2.28. The Labute approximate surface area is 355 Å². The molecule has 2 unspecified atom stereocenters. The van der Waals surface area contributed by atoms with Gasteiger partial charge in [-0.2, -0.15) is 24.9 Å². The van der Waals surface area contributed by atoms with E-state index in [1.807, 2.05) is 0 Å². The lowest BCUT2D eigenvalue weighted by molar-refractivity contribution is -0.140. The van der Waals surface area contributed by atoms with Gasteiger partial charge in [0.1, 0.15) is 5.52 Å². The number of imidazole rings is 2. The first kappa shape index (κ1) is 49.4. The van der Waals surface area contributed by atoms with Crippen LogP contribution in [0, 0.1) is 0 Å². The summed E-state index contributed by atoms with van der Waals surface area (Å²) >= 11 is 0. The van der Waals surface area contributed by atoms with Crippen LogP contribution in [-0.2, 0) is 22.7 Å². The summed E-state index contributed by atoms with van der Waals surface area (Å²) in [6.45, 7) is 2.63. The SMILES string of the molecule is C.CCCCOc1nc(N)c2nc(OC)n(Cc3cccc(OCC(=O)O)n3)c2n1.NCCCOc1nc(N)c2[nH]c(=O)n(Cc3cccc(OCC(=O)O)n3)c2n1.PPP. The van der Waals surface area contributed by atoms with Crippen molar-refractivity contribution in [1.82, 2.24) is 49.0 Å². The number of rotatable bonds is 19. The summed E-state index contributed by atoms with van der Waals surface area (Å²) in [5, 5.41) is 17.4. The smallest absolute Gasteiger partial charge is 0.341 e. The normalized spacial score (nSPS) is 10.4. The highest BCUT2D eigenvalue weighted by molar-refractivity contribution is 8.33. The molecule has 0 amide bonds. The maximum atomic E-state index is 12.4. The number of nitrogens with zero attached hydrogens (tertiary/aromatic N) is 9. The Bertz CT molecular complexity index is 2420. The molecule has 6 aromatic rings. The number of aromatic nitrogens is 10. The number of carboxylic acid groups (broad SMARTS) is 2. The molecule has 6 heterocycles. The van der Waals surface area contributed by atoms with Crippen molar-refractivity contribution in [2.75, 3.05) is 51.5 Å². The summed E-state index contributed by atoms with van der Waals surface area (Å²) in [6.07, 6.45) is 2.47. The Morgan fingerprint density at radius 3 is 1.82 bits per heavy atom. The van der Waals surface area contributed by atoms with Crippen LogP contribution in [0.5, 0.6) is 29.8 Å². The molecule has 6 aromatic heterocycles. The summed E-state index contributed by atoms with van der Waals surface area (Å²) in [4.78, 5) is 66.0. The second-order valence-electron chi connectivity index (χ2n) is 12.0. The Morgan fingerprint density at radius 1 is 0.770 bits per heavy atom. The van der Waals surface area contributed by atoms with Gasteiger partial charge in [-0.1, -0.05) is 40.9 Å². The number of fused-ring (bicyclic) bond motifs is 2. The largest absolute Gasteiger partial charge is 0.479 e. The van der Waals surface area contributed by atoms with Gasteiger partial charge in [0.15, 0.2) is 41.7 Å². The van der Waals surface area contributed by atoms with Gasteiger partial charge in [0.05, 0.1) is 44.8 Å². The minimum Gasteiger partial charge on any atom is -0.479 e. The van der Waals surface area contributed by atoms with Gasteiger partial charge in [0.2, 0.25) is 11.8 Å². The predicted molar refractivity (Wildman–Crippen MR) is 236 cm³/mol. The van der Waals surface area contributed by atoms with Crippen LogP contribution in [0.3, 0.4) is 0 Å². The molecule has 6 rings (SSSR count). The monoisotopic (exact) mass is 905 g/mol. The van der Waals surface area contributed by atoms with E-state index in [1.54, 1.807) is 34.9 Å². The molecule has 0 radical (unpaired) electrons. The zero-order chi connectivity index (χ0) is 43.6. The summed E-state index contributed by atoms with van der Waals surface area (Å²) in [7, 11) is 7.54. The van der Waals surface area contributed by atoms with Crippen molar-refractivity contribution in [3.8, 4) is 29.8 Å². The summed E-state index contributed by atoms with van der Waals surface area (Å²) in [5.74, 6) is -1.60. The van der Waals surface area contributed by atoms with Gasteiger partial charge in [0.25, 0.3) is 6.01 Å². The Morgan fingerprint density at radius 2 is 1.30 bits per heavy atom. The molecule has 23 nitrogen and oxygen atoms in total. The maximum absolute atomic E-state index is 12.4. The first-order valence-corrected chi connectivity index (χ1v) is 22.6. The molecule has 330 valence electrons. The number of aromatic amines is 1. The summed E-state index contributed by atoms with van der Waals surface area (Å²) in [6, 6.07) is 10.4. The van der Waals surface area contributed by atoms with Gasteiger partial charge in [-0.3, -0.25) is 9.13 Å². The number of aliphatic carboxylic acids is 2. The van der Waals surface area contributed by atoms with Gasteiger partial charge < -0.3 is 56.1 Å². The van der Waals surface area contributed by atoms with Crippen molar-refractivity contribution >= 4 is 71.7 Å². The zero-order valence-corrected chi connectivity index (χ0v) is 35.9. The highest BCUT2D eigenvalue weighted by atomic mass is 32.4. The van der Waals surface area contributed by atoms with E-state index in [2.05, 4.69) is 64.7 Å². The van der Waals surface area contributed by atoms with Gasteiger partial charge in [0, 0.05) is 12.1 Å². The molecule has 9 N–H and O–H groups in total. The number of pyridine rings is 2. The number of nitrogen functional groups attached to an aromatic ring is 2. The van der Waals surface area contributed by atoms with E-state index in [-0.39, 0.29) is 73.1 Å². The molecule has 0 fully saturated rings. The highest BCUT2D eigenvalue weighted by Gasteiger charge is 2.19. The molecule has 0 aliphatic heterocycles. The fourth-order valence-electron chi connectivity index (χ4n) is 4.99. The van der Waals surface area contributed by atoms with E-state index in [4.69, 9.17) is 51.1 Å². The van der Waals surface area contributed by atoms with E-state index in [1.165, 1.54) is 17.7 Å². The molecule has 0 spiro atoms.